The average Bonchev–Trinajstić information content (AvgIpc) is 2.40. The minimum absolute atomic E-state index is 0.342. The fourth-order valence-corrected chi connectivity index (χ4v) is 1.72. The first-order chi connectivity index (χ1) is 7.18. The highest BCUT2D eigenvalue weighted by atomic mass is 35.5. The number of hydrogen-bond acceptors (Lipinski definition) is 2. The van der Waals surface area contributed by atoms with Gasteiger partial charge in [-0.05, 0) is 12.1 Å². The van der Waals surface area contributed by atoms with Gasteiger partial charge in [-0.2, -0.15) is 0 Å². The molecule has 1 aliphatic heterocycles. The molecular weight excluding hydrogens is 216 g/mol. The predicted molar refractivity (Wildman–Crippen MR) is 57.2 cm³/mol. The highest BCUT2D eigenvalue weighted by molar-refractivity contribution is 6.32. The summed E-state index contributed by atoms with van der Waals surface area (Å²) in [7, 11) is 0. The molecule has 4 heteroatoms. The maximum absolute atomic E-state index is 10.8. The Morgan fingerprint density at radius 1 is 1.47 bits per heavy atom. The van der Waals surface area contributed by atoms with Gasteiger partial charge in [0.2, 0.25) is 0 Å². The van der Waals surface area contributed by atoms with E-state index in [2.05, 4.69) is 0 Å². The Hall–Kier alpha value is -1.48. The van der Waals surface area contributed by atoms with Crippen molar-refractivity contribution in [3.63, 3.8) is 0 Å². The topological polar surface area (TPSA) is 46.5 Å². The number of aliphatic carboxylic acids is 1. The maximum atomic E-state index is 10.8. The van der Waals surface area contributed by atoms with Gasteiger partial charge in [0.1, 0.15) is 5.75 Å². The molecule has 0 spiro atoms. The molecule has 1 heterocycles. The molecule has 0 aromatic heterocycles. The number of ether oxygens (including phenoxy) is 1. The van der Waals surface area contributed by atoms with Crippen LogP contribution in [0.25, 0.3) is 6.08 Å². The van der Waals surface area contributed by atoms with Gasteiger partial charge in [0.05, 0.1) is 11.6 Å². The van der Waals surface area contributed by atoms with Crippen LogP contribution in [-0.4, -0.2) is 17.7 Å². The lowest BCUT2D eigenvalue weighted by Gasteiger charge is -2.06. The smallest absolute Gasteiger partial charge is 0.331 e. The second-order valence-corrected chi connectivity index (χ2v) is 3.64. The van der Waals surface area contributed by atoms with Gasteiger partial charge in [-0.25, -0.2) is 4.79 Å². The Morgan fingerprint density at radius 2 is 2.27 bits per heavy atom. The number of para-hydroxylation sites is 1. The number of carbonyl (C=O) groups is 1. The van der Waals surface area contributed by atoms with Crippen LogP contribution in [0.15, 0.2) is 23.8 Å². The van der Waals surface area contributed by atoms with E-state index in [1.165, 1.54) is 0 Å². The Balaban J connectivity index is 2.51. The first-order valence-electron chi connectivity index (χ1n) is 4.53. The van der Waals surface area contributed by atoms with Gasteiger partial charge in [-0.15, -0.1) is 0 Å². The van der Waals surface area contributed by atoms with Crippen LogP contribution >= 0.6 is 11.6 Å². The van der Waals surface area contributed by atoms with E-state index in [0.29, 0.717) is 29.4 Å². The van der Waals surface area contributed by atoms with Gasteiger partial charge in [0.15, 0.2) is 0 Å². The van der Waals surface area contributed by atoms with Gasteiger partial charge < -0.3 is 9.84 Å². The van der Waals surface area contributed by atoms with Crippen LogP contribution in [0.2, 0.25) is 5.02 Å². The van der Waals surface area contributed by atoms with Crippen molar-refractivity contribution in [3.8, 4) is 5.75 Å². The van der Waals surface area contributed by atoms with Crippen LogP contribution in [0, 0.1) is 0 Å². The summed E-state index contributed by atoms with van der Waals surface area (Å²) in [6.45, 7) is 0.342. The fourth-order valence-electron chi connectivity index (χ4n) is 1.48. The third-order valence-electron chi connectivity index (χ3n) is 2.22. The van der Waals surface area contributed by atoms with E-state index in [4.69, 9.17) is 21.4 Å². The third kappa shape index (κ3) is 1.97. The zero-order chi connectivity index (χ0) is 10.8. The normalized spacial score (nSPS) is 14.6. The molecule has 1 N–H and O–H groups in total. The summed E-state index contributed by atoms with van der Waals surface area (Å²) in [4.78, 5) is 10.8. The van der Waals surface area contributed by atoms with Crippen molar-refractivity contribution < 1.29 is 14.6 Å². The lowest BCUT2D eigenvalue weighted by Crippen LogP contribution is -2.03. The Bertz CT molecular complexity index is 437. The van der Waals surface area contributed by atoms with Crippen molar-refractivity contribution in [1.82, 2.24) is 0 Å². The number of benzene rings is 1. The summed E-state index contributed by atoms with van der Waals surface area (Å²) in [5, 5.41) is 9.41. The molecule has 0 amide bonds. The molecule has 0 radical (unpaired) electrons. The summed E-state index contributed by atoms with van der Waals surface area (Å²) >= 11 is 5.94. The van der Waals surface area contributed by atoms with Crippen LogP contribution in [0.5, 0.6) is 5.75 Å². The molecule has 0 saturated heterocycles. The van der Waals surface area contributed by atoms with Gasteiger partial charge in [0.25, 0.3) is 0 Å². The molecule has 0 bridgehead atoms. The minimum Gasteiger partial charge on any atom is -0.491 e. The van der Waals surface area contributed by atoms with Crippen molar-refractivity contribution in [2.75, 3.05) is 6.61 Å². The van der Waals surface area contributed by atoms with Crippen LogP contribution in [0.3, 0.4) is 0 Å². The molecule has 0 saturated carbocycles. The van der Waals surface area contributed by atoms with Gasteiger partial charge in [-0.3, -0.25) is 0 Å². The van der Waals surface area contributed by atoms with Gasteiger partial charge in [-0.1, -0.05) is 23.7 Å². The number of carboxylic acid groups (broad SMARTS) is 1. The summed E-state index contributed by atoms with van der Waals surface area (Å²) in [6.07, 6.45) is 2.00. The first-order valence-corrected chi connectivity index (χ1v) is 4.91. The highest BCUT2D eigenvalue weighted by Gasteiger charge is 2.15. The van der Waals surface area contributed by atoms with Crippen molar-refractivity contribution in [3.05, 3.63) is 34.4 Å². The molecule has 0 fully saturated rings. The van der Waals surface area contributed by atoms with Crippen molar-refractivity contribution in [2.45, 2.75) is 6.42 Å². The van der Waals surface area contributed by atoms with Crippen molar-refractivity contribution in [2.24, 2.45) is 0 Å². The van der Waals surface area contributed by atoms with E-state index in [0.717, 1.165) is 5.56 Å². The van der Waals surface area contributed by atoms with Crippen LogP contribution in [0.4, 0.5) is 0 Å². The average molecular weight is 225 g/mol. The minimum atomic E-state index is -0.911. The lowest BCUT2D eigenvalue weighted by atomic mass is 10.1. The zero-order valence-electron chi connectivity index (χ0n) is 7.87. The Morgan fingerprint density at radius 3 is 3.00 bits per heavy atom. The van der Waals surface area contributed by atoms with Crippen molar-refractivity contribution in [1.29, 1.82) is 0 Å². The summed E-state index contributed by atoms with van der Waals surface area (Å²) in [6, 6.07) is 5.28. The molecule has 78 valence electrons. The van der Waals surface area contributed by atoms with E-state index in [1.807, 2.05) is 0 Å². The number of rotatable bonds is 1. The Kier molecular flexibility index (Phi) is 2.64. The van der Waals surface area contributed by atoms with E-state index < -0.39 is 5.97 Å². The molecular formula is C11H9ClO3. The summed E-state index contributed by atoms with van der Waals surface area (Å²) in [5.41, 5.74) is 1.06. The van der Waals surface area contributed by atoms with E-state index in [9.17, 15) is 4.79 Å². The molecule has 0 atom stereocenters. The highest BCUT2D eigenvalue weighted by Crippen LogP contribution is 2.32. The van der Waals surface area contributed by atoms with Gasteiger partial charge in [0, 0.05) is 17.6 Å². The zero-order valence-corrected chi connectivity index (χ0v) is 8.62. The number of hydrogen-bond donors (Lipinski definition) is 1. The standard InChI is InChI=1S/C11H9ClO3/c12-9-3-1-2-7-6-8(11(13)14)4-5-15-10(7)9/h1-3,6H,4-5H2,(H,13,14). The second-order valence-electron chi connectivity index (χ2n) is 3.23. The quantitative estimate of drug-likeness (QED) is 0.798. The predicted octanol–water partition coefficient (Wildman–Crippen LogP) is 2.59. The summed E-state index contributed by atoms with van der Waals surface area (Å²) < 4.78 is 5.41. The number of fused-ring (bicyclic) bond motifs is 1. The SMILES string of the molecule is O=C(O)C1=Cc2cccc(Cl)c2OCC1. The lowest BCUT2D eigenvalue weighted by molar-refractivity contribution is -0.132. The van der Waals surface area contributed by atoms with Gasteiger partial charge >= 0.3 is 5.97 Å². The molecule has 15 heavy (non-hydrogen) atoms. The van der Waals surface area contributed by atoms with Crippen molar-refractivity contribution >= 4 is 23.6 Å². The molecule has 1 aromatic rings. The largest absolute Gasteiger partial charge is 0.491 e. The third-order valence-corrected chi connectivity index (χ3v) is 2.52. The van der Waals surface area contributed by atoms with Crippen LogP contribution in [-0.2, 0) is 4.79 Å². The van der Waals surface area contributed by atoms with E-state index >= 15 is 0 Å². The summed E-state index contributed by atoms with van der Waals surface area (Å²) in [5.74, 6) is -0.346. The molecule has 1 aliphatic rings. The molecule has 1 aromatic carbocycles. The maximum Gasteiger partial charge on any atom is 0.331 e. The fraction of sp³-hybridized carbons (Fsp3) is 0.182. The monoisotopic (exact) mass is 224 g/mol. The molecule has 0 unspecified atom stereocenters. The first kappa shape index (κ1) is 10.1. The van der Waals surface area contributed by atoms with E-state index in [-0.39, 0.29) is 0 Å². The van der Waals surface area contributed by atoms with Crippen LogP contribution < -0.4 is 4.74 Å². The Labute approximate surface area is 91.9 Å². The van der Waals surface area contributed by atoms with Crippen LogP contribution in [0.1, 0.15) is 12.0 Å². The number of halogens is 1. The van der Waals surface area contributed by atoms with E-state index in [1.54, 1.807) is 24.3 Å². The molecule has 3 nitrogen and oxygen atoms in total. The second kappa shape index (κ2) is 3.95. The molecule has 0 aliphatic carbocycles. The number of carboxylic acids is 1. The molecule has 2 rings (SSSR count).